The van der Waals surface area contributed by atoms with E-state index in [-0.39, 0.29) is 12.5 Å². The van der Waals surface area contributed by atoms with Crippen molar-refractivity contribution in [1.82, 2.24) is 10.2 Å². The summed E-state index contributed by atoms with van der Waals surface area (Å²) in [5.74, 6) is 1.30. The second-order valence-electron chi connectivity index (χ2n) is 8.15. The summed E-state index contributed by atoms with van der Waals surface area (Å²) < 4.78 is 11.2. The number of amides is 1. The van der Waals surface area contributed by atoms with Crippen molar-refractivity contribution in [3.8, 4) is 28.1 Å². The van der Waals surface area contributed by atoms with Crippen molar-refractivity contribution in [3.05, 3.63) is 91.0 Å². The van der Waals surface area contributed by atoms with Crippen LogP contribution in [0.25, 0.3) is 22.4 Å². The maximum atomic E-state index is 12.5. The van der Waals surface area contributed by atoms with Gasteiger partial charge in [0.15, 0.2) is 12.4 Å². The molecule has 0 aliphatic carbocycles. The van der Waals surface area contributed by atoms with Gasteiger partial charge in [0.2, 0.25) is 0 Å². The lowest BCUT2D eigenvalue weighted by Crippen LogP contribution is -2.36. The topological polar surface area (TPSA) is 76.6 Å². The van der Waals surface area contributed by atoms with Crippen molar-refractivity contribution in [2.24, 2.45) is 0 Å². The lowest BCUT2D eigenvalue weighted by Gasteiger charge is -2.27. The Morgan fingerprint density at radius 3 is 2.31 bits per heavy atom. The number of ether oxygens (including phenoxy) is 2. The molecule has 5 rings (SSSR count). The van der Waals surface area contributed by atoms with Gasteiger partial charge < -0.3 is 19.7 Å². The van der Waals surface area contributed by atoms with Gasteiger partial charge in [-0.2, -0.15) is 0 Å². The first kappa shape index (κ1) is 22.6. The lowest BCUT2D eigenvalue weighted by atomic mass is 10.1. The first-order valence-corrected chi connectivity index (χ1v) is 11.6. The summed E-state index contributed by atoms with van der Waals surface area (Å²) in [6.07, 6.45) is 0. The van der Waals surface area contributed by atoms with Crippen LogP contribution in [0, 0.1) is 0 Å². The van der Waals surface area contributed by atoms with E-state index in [1.807, 2.05) is 91.0 Å². The summed E-state index contributed by atoms with van der Waals surface area (Å²) in [7, 11) is 0. The maximum Gasteiger partial charge on any atom is 0.262 e. The molecule has 7 heteroatoms. The highest BCUT2D eigenvalue weighted by molar-refractivity contribution is 5.92. The zero-order valence-electron chi connectivity index (χ0n) is 19.3. The van der Waals surface area contributed by atoms with Gasteiger partial charge in [-0.25, -0.2) is 0 Å². The minimum atomic E-state index is -0.227. The Morgan fingerprint density at radius 2 is 1.57 bits per heavy atom. The Bertz CT molecular complexity index is 1260. The molecule has 35 heavy (non-hydrogen) atoms. The zero-order chi connectivity index (χ0) is 23.9. The molecule has 1 N–H and O–H groups in total. The summed E-state index contributed by atoms with van der Waals surface area (Å²) in [5, 5.41) is 11.6. The first-order valence-electron chi connectivity index (χ1n) is 11.6. The minimum absolute atomic E-state index is 0.0833. The number of carbonyl (C=O) groups is 1. The van der Waals surface area contributed by atoms with Crippen molar-refractivity contribution in [3.63, 3.8) is 0 Å². The van der Waals surface area contributed by atoms with Crippen LogP contribution >= 0.6 is 0 Å². The third kappa shape index (κ3) is 5.65. The fraction of sp³-hybridized carbons (Fsp3) is 0.179. The van der Waals surface area contributed by atoms with E-state index >= 15 is 0 Å². The zero-order valence-corrected chi connectivity index (χ0v) is 19.3. The number of morpholine rings is 1. The van der Waals surface area contributed by atoms with Gasteiger partial charge in [-0.15, -0.1) is 10.2 Å². The number of para-hydroxylation sites is 1. The van der Waals surface area contributed by atoms with Crippen LogP contribution < -0.4 is 15.0 Å². The number of nitrogens with one attached hydrogen (secondary N) is 1. The molecule has 0 atom stereocenters. The molecule has 2 heterocycles. The molecule has 1 aliphatic heterocycles. The monoisotopic (exact) mass is 466 g/mol. The van der Waals surface area contributed by atoms with Crippen molar-refractivity contribution in [2.45, 2.75) is 0 Å². The molecular weight excluding hydrogens is 440 g/mol. The number of nitrogens with zero attached hydrogens (tertiary/aromatic N) is 3. The SMILES string of the molecule is O=C(COc1ccccc1-c1ccccc1)Nc1ccc(-c2ccc(N3CCOCC3)nn2)cc1. The summed E-state index contributed by atoms with van der Waals surface area (Å²) in [6.45, 7) is 2.98. The Balaban J connectivity index is 1.18. The minimum Gasteiger partial charge on any atom is -0.483 e. The number of hydrogen-bond donors (Lipinski definition) is 1. The van der Waals surface area contributed by atoms with E-state index in [1.54, 1.807) is 0 Å². The molecule has 0 unspecified atom stereocenters. The van der Waals surface area contributed by atoms with E-state index < -0.39 is 0 Å². The maximum absolute atomic E-state index is 12.5. The predicted octanol–water partition coefficient (Wildman–Crippen LogP) is 4.66. The fourth-order valence-corrected chi connectivity index (χ4v) is 3.95. The van der Waals surface area contributed by atoms with Crippen LogP contribution in [0.15, 0.2) is 91.0 Å². The van der Waals surface area contributed by atoms with Crippen LogP contribution in [-0.4, -0.2) is 49.0 Å². The normalized spacial score (nSPS) is 13.3. The molecule has 0 spiro atoms. The average molecular weight is 467 g/mol. The van der Waals surface area contributed by atoms with Gasteiger partial charge in [-0.1, -0.05) is 60.7 Å². The quantitative estimate of drug-likeness (QED) is 0.427. The Hall–Kier alpha value is -4.23. The smallest absolute Gasteiger partial charge is 0.262 e. The van der Waals surface area contributed by atoms with Crippen molar-refractivity contribution >= 4 is 17.4 Å². The average Bonchev–Trinajstić information content (AvgIpc) is 2.94. The largest absolute Gasteiger partial charge is 0.483 e. The molecule has 0 saturated carbocycles. The Morgan fingerprint density at radius 1 is 0.829 bits per heavy atom. The number of rotatable bonds is 7. The van der Waals surface area contributed by atoms with E-state index in [2.05, 4.69) is 20.4 Å². The summed E-state index contributed by atoms with van der Waals surface area (Å²) in [4.78, 5) is 14.7. The molecule has 0 bridgehead atoms. The number of hydrogen-bond acceptors (Lipinski definition) is 6. The van der Waals surface area contributed by atoms with Crippen LogP contribution in [0.3, 0.4) is 0 Å². The van der Waals surface area contributed by atoms with E-state index in [4.69, 9.17) is 9.47 Å². The molecule has 4 aromatic rings. The van der Waals surface area contributed by atoms with Crippen molar-refractivity contribution in [1.29, 1.82) is 0 Å². The number of carbonyl (C=O) groups excluding carboxylic acids is 1. The Kier molecular flexibility index (Phi) is 6.96. The van der Waals surface area contributed by atoms with Gasteiger partial charge in [0, 0.05) is 29.9 Å². The Labute approximate surface area is 204 Å². The van der Waals surface area contributed by atoms with Gasteiger partial charge in [0.05, 0.1) is 18.9 Å². The molecule has 3 aromatic carbocycles. The second-order valence-corrected chi connectivity index (χ2v) is 8.15. The van der Waals surface area contributed by atoms with Gasteiger partial charge in [-0.3, -0.25) is 4.79 Å². The molecule has 1 fully saturated rings. The summed E-state index contributed by atoms with van der Waals surface area (Å²) >= 11 is 0. The molecule has 1 aliphatic rings. The predicted molar refractivity (Wildman–Crippen MR) is 137 cm³/mol. The number of aromatic nitrogens is 2. The molecular formula is C28H26N4O3. The van der Waals surface area contributed by atoms with E-state index in [1.165, 1.54) is 0 Å². The van der Waals surface area contributed by atoms with Crippen molar-refractivity contribution in [2.75, 3.05) is 43.1 Å². The third-order valence-electron chi connectivity index (χ3n) is 5.78. The molecule has 7 nitrogen and oxygen atoms in total. The van der Waals surface area contributed by atoms with Gasteiger partial charge in [0.1, 0.15) is 5.75 Å². The van der Waals surface area contributed by atoms with E-state index in [9.17, 15) is 4.79 Å². The molecule has 0 radical (unpaired) electrons. The van der Waals surface area contributed by atoms with Crippen LogP contribution in [0.4, 0.5) is 11.5 Å². The van der Waals surface area contributed by atoms with E-state index in [0.717, 1.165) is 41.3 Å². The fourth-order valence-electron chi connectivity index (χ4n) is 3.95. The highest BCUT2D eigenvalue weighted by Gasteiger charge is 2.13. The van der Waals surface area contributed by atoms with Gasteiger partial charge in [-0.05, 0) is 35.9 Å². The van der Waals surface area contributed by atoms with Crippen LogP contribution in [-0.2, 0) is 9.53 Å². The molecule has 1 saturated heterocycles. The second kappa shape index (κ2) is 10.8. The summed E-state index contributed by atoms with van der Waals surface area (Å²) in [6, 6.07) is 29.1. The van der Waals surface area contributed by atoms with Crippen LogP contribution in [0.1, 0.15) is 0 Å². The first-order chi connectivity index (χ1) is 17.3. The third-order valence-corrected chi connectivity index (χ3v) is 5.78. The molecule has 176 valence electrons. The number of anilines is 2. The standard InChI is InChI=1S/C28H26N4O3/c33-28(20-35-26-9-5-4-8-24(26)21-6-2-1-3-7-21)29-23-12-10-22(11-13-23)25-14-15-27(31-30-25)32-16-18-34-19-17-32/h1-15H,16-20H2,(H,29,33). The highest BCUT2D eigenvalue weighted by Crippen LogP contribution is 2.29. The highest BCUT2D eigenvalue weighted by atomic mass is 16.5. The number of benzene rings is 3. The van der Waals surface area contributed by atoms with Gasteiger partial charge >= 0.3 is 0 Å². The van der Waals surface area contributed by atoms with Crippen LogP contribution in [0.5, 0.6) is 5.75 Å². The van der Waals surface area contributed by atoms with Gasteiger partial charge in [0.25, 0.3) is 5.91 Å². The van der Waals surface area contributed by atoms with Crippen LogP contribution in [0.2, 0.25) is 0 Å². The molecule has 1 aromatic heterocycles. The van der Waals surface area contributed by atoms with Crippen molar-refractivity contribution < 1.29 is 14.3 Å². The molecule has 1 amide bonds. The summed E-state index contributed by atoms with van der Waals surface area (Å²) in [5.41, 5.74) is 4.39. The lowest BCUT2D eigenvalue weighted by molar-refractivity contribution is -0.118. The van der Waals surface area contributed by atoms with E-state index in [0.29, 0.717) is 24.7 Å².